The largest absolute Gasteiger partial charge is 0.464 e. The number of fused-ring (bicyclic) bond motifs is 1. The normalized spacial score (nSPS) is 11.5. The van der Waals surface area contributed by atoms with Crippen molar-refractivity contribution in [1.29, 1.82) is 0 Å². The van der Waals surface area contributed by atoms with Gasteiger partial charge >= 0.3 is 5.97 Å². The molecule has 0 spiro atoms. The van der Waals surface area contributed by atoms with Crippen molar-refractivity contribution in [2.24, 2.45) is 0 Å². The van der Waals surface area contributed by atoms with Crippen LogP contribution in [0.5, 0.6) is 0 Å². The molecule has 0 fully saturated rings. The molecule has 8 heteroatoms. The third kappa shape index (κ3) is 3.43. The van der Waals surface area contributed by atoms with Gasteiger partial charge < -0.3 is 10.5 Å². The van der Waals surface area contributed by atoms with Crippen LogP contribution in [0.15, 0.2) is 58.2 Å². The second-order valence-corrected chi connectivity index (χ2v) is 8.12. The summed E-state index contributed by atoms with van der Waals surface area (Å²) in [5.41, 5.74) is 6.54. The van der Waals surface area contributed by atoms with Gasteiger partial charge in [-0.25, -0.2) is 13.2 Å². The number of carbonyl (C=O) groups excluding carboxylic acids is 1. The molecule has 140 valence electrons. The van der Waals surface area contributed by atoms with Crippen LogP contribution in [-0.2, 0) is 21.1 Å². The van der Waals surface area contributed by atoms with E-state index in [4.69, 9.17) is 10.5 Å². The van der Waals surface area contributed by atoms with E-state index in [9.17, 15) is 18.0 Å². The number of rotatable bonds is 4. The Kier molecular flexibility index (Phi) is 4.75. The van der Waals surface area contributed by atoms with Crippen LogP contribution < -0.4 is 11.3 Å². The average Bonchev–Trinajstić information content (AvgIpc) is 2.65. The maximum atomic E-state index is 13.0. The Morgan fingerprint density at radius 1 is 1.07 bits per heavy atom. The lowest BCUT2D eigenvalue weighted by molar-refractivity contribution is 0.0589. The number of pyridine rings is 1. The highest BCUT2D eigenvalue weighted by atomic mass is 32.2. The molecule has 1 aromatic heterocycles. The van der Waals surface area contributed by atoms with Gasteiger partial charge in [-0.15, -0.1) is 0 Å². The van der Waals surface area contributed by atoms with E-state index >= 15 is 0 Å². The number of nitrogen functional groups attached to an aromatic ring is 1. The van der Waals surface area contributed by atoms with Crippen molar-refractivity contribution < 1.29 is 17.9 Å². The maximum Gasteiger partial charge on any atom is 0.356 e. The summed E-state index contributed by atoms with van der Waals surface area (Å²) in [7, 11) is -2.11. The van der Waals surface area contributed by atoms with Gasteiger partial charge in [-0.05, 0) is 23.8 Å². The Balaban J connectivity index is 2.20. The number of methoxy groups -OCH3 is 1. The number of carbonyl (C=O) groups is 1. The van der Waals surface area contributed by atoms with Crippen molar-refractivity contribution in [2.45, 2.75) is 11.4 Å². The summed E-state index contributed by atoms with van der Waals surface area (Å²) in [6, 6.07) is 12.8. The molecular weight excluding hydrogens is 368 g/mol. The first-order chi connectivity index (χ1) is 12.7. The van der Waals surface area contributed by atoms with Crippen molar-refractivity contribution in [3.8, 4) is 0 Å². The molecule has 2 N–H and O–H groups in total. The van der Waals surface area contributed by atoms with Crippen molar-refractivity contribution in [3.05, 3.63) is 70.1 Å². The third-order valence-electron chi connectivity index (χ3n) is 4.29. The number of nitrogens with zero attached hydrogens (tertiary/aromatic N) is 1. The molecule has 0 atom stereocenters. The number of hydrogen-bond acceptors (Lipinski definition) is 6. The predicted molar refractivity (Wildman–Crippen MR) is 103 cm³/mol. The Hall–Kier alpha value is -3.13. The fraction of sp³-hybridized carbons (Fsp3) is 0.158. The van der Waals surface area contributed by atoms with E-state index in [0.717, 1.165) is 6.26 Å². The minimum Gasteiger partial charge on any atom is -0.464 e. The highest BCUT2D eigenvalue weighted by Gasteiger charge is 2.21. The van der Waals surface area contributed by atoms with Crippen LogP contribution in [0.25, 0.3) is 10.8 Å². The van der Waals surface area contributed by atoms with Gasteiger partial charge in [0.1, 0.15) is 0 Å². The van der Waals surface area contributed by atoms with Crippen molar-refractivity contribution in [1.82, 2.24) is 4.57 Å². The zero-order valence-electron chi connectivity index (χ0n) is 14.8. The zero-order chi connectivity index (χ0) is 19.8. The molecule has 7 nitrogen and oxygen atoms in total. The third-order valence-corrected chi connectivity index (χ3v) is 5.42. The molecule has 0 aliphatic heterocycles. The summed E-state index contributed by atoms with van der Waals surface area (Å²) in [4.78, 5) is 25.4. The first-order valence-corrected chi connectivity index (χ1v) is 9.91. The number of aromatic nitrogens is 1. The number of esters is 1. The Morgan fingerprint density at radius 3 is 2.22 bits per heavy atom. The molecule has 0 aliphatic carbocycles. The monoisotopic (exact) mass is 386 g/mol. The second-order valence-electron chi connectivity index (χ2n) is 6.11. The summed E-state index contributed by atoms with van der Waals surface area (Å²) in [5.74, 6) is -0.719. The van der Waals surface area contributed by atoms with Gasteiger partial charge in [-0.1, -0.05) is 30.3 Å². The first kappa shape index (κ1) is 18.7. The molecule has 1 heterocycles. The topological polar surface area (TPSA) is 108 Å². The van der Waals surface area contributed by atoms with E-state index < -0.39 is 15.8 Å². The number of nitrogens with two attached hydrogens (primary N) is 1. The van der Waals surface area contributed by atoms with Gasteiger partial charge in [-0.3, -0.25) is 9.36 Å². The van der Waals surface area contributed by atoms with Crippen LogP contribution in [0.2, 0.25) is 0 Å². The maximum absolute atomic E-state index is 13.0. The van der Waals surface area contributed by atoms with E-state index in [0.29, 0.717) is 16.3 Å². The smallest absolute Gasteiger partial charge is 0.356 e. The summed E-state index contributed by atoms with van der Waals surface area (Å²) in [6.07, 6.45) is 1.12. The molecule has 0 aliphatic rings. The molecule has 3 rings (SSSR count). The molecule has 0 saturated carbocycles. The number of sulfone groups is 1. The minimum atomic E-state index is -3.32. The van der Waals surface area contributed by atoms with Crippen LogP contribution >= 0.6 is 0 Å². The van der Waals surface area contributed by atoms with Gasteiger partial charge in [-0.2, -0.15) is 0 Å². The highest BCUT2D eigenvalue weighted by Crippen LogP contribution is 2.23. The molecule has 2 aromatic carbocycles. The number of hydrogen-bond donors (Lipinski definition) is 1. The fourth-order valence-electron chi connectivity index (χ4n) is 2.92. The molecule has 27 heavy (non-hydrogen) atoms. The van der Waals surface area contributed by atoms with Crippen LogP contribution in [0.1, 0.15) is 16.1 Å². The lowest BCUT2D eigenvalue weighted by atomic mass is 10.1. The average molecular weight is 386 g/mol. The predicted octanol–water partition coefficient (Wildman–Crippen LogP) is 1.82. The van der Waals surface area contributed by atoms with Crippen LogP contribution in [0.3, 0.4) is 0 Å². The molecule has 3 aromatic rings. The number of benzene rings is 2. The summed E-state index contributed by atoms with van der Waals surface area (Å²) in [6.45, 7) is 0.0440. The van der Waals surface area contributed by atoms with E-state index in [1.807, 2.05) is 0 Å². The highest BCUT2D eigenvalue weighted by molar-refractivity contribution is 7.90. The molecular formula is C19H18N2O5S. The molecule has 0 unspecified atom stereocenters. The van der Waals surface area contributed by atoms with E-state index in [2.05, 4.69) is 0 Å². The van der Waals surface area contributed by atoms with Crippen molar-refractivity contribution in [3.63, 3.8) is 0 Å². The second kappa shape index (κ2) is 6.88. The van der Waals surface area contributed by atoms with Crippen LogP contribution in [-0.4, -0.2) is 32.3 Å². The fourth-order valence-corrected chi connectivity index (χ4v) is 3.55. The summed E-state index contributed by atoms with van der Waals surface area (Å²) >= 11 is 0. The van der Waals surface area contributed by atoms with Gasteiger partial charge in [0, 0.05) is 17.0 Å². The van der Waals surface area contributed by atoms with E-state index in [-0.39, 0.29) is 28.4 Å². The standard InChI is InChI=1S/C19H18N2O5S/c1-26-19(23)17-16(20)14-5-3-4-6-15(14)18(22)21(17)11-12-7-9-13(10-8-12)27(2,24)25/h3-10H,11,20H2,1-2H3. The Morgan fingerprint density at radius 2 is 1.67 bits per heavy atom. The first-order valence-electron chi connectivity index (χ1n) is 8.02. The van der Waals surface area contributed by atoms with E-state index in [1.165, 1.54) is 23.8 Å². The van der Waals surface area contributed by atoms with Gasteiger partial charge in [0.15, 0.2) is 15.5 Å². The molecule has 0 radical (unpaired) electrons. The zero-order valence-corrected chi connectivity index (χ0v) is 15.6. The van der Waals surface area contributed by atoms with Gasteiger partial charge in [0.25, 0.3) is 5.56 Å². The lowest BCUT2D eigenvalue weighted by Gasteiger charge is -2.16. The van der Waals surface area contributed by atoms with E-state index in [1.54, 1.807) is 36.4 Å². The Bertz CT molecular complexity index is 1200. The van der Waals surface area contributed by atoms with Gasteiger partial charge in [0.2, 0.25) is 0 Å². The quantitative estimate of drug-likeness (QED) is 0.685. The van der Waals surface area contributed by atoms with Crippen LogP contribution in [0, 0.1) is 0 Å². The lowest BCUT2D eigenvalue weighted by Crippen LogP contribution is -2.29. The number of ether oxygens (including phenoxy) is 1. The summed E-state index contributed by atoms with van der Waals surface area (Å²) < 4.78 is 29.2. The Labute approximate surface area is 155 Å². The molecule has 0 amide bonds. The minimum absolute atomic E-state index is 0.0339. The number of anilines is 1. The van der Waals surface area contributed by atoms with Crippen molar-refractivity contribution in [2.75, 3.05) is 19.1 Å². The molecule has 0 saturated heterocycles. The van der Waals surface area contributed by atoms with Gasteiger partial charge in [0.05, 0.1) is 24.2 Å². The SMILES string of the molecule is COC(=O)c1c(N)c2ccccc2c(=O)n1Cc1ccc(S(C)(=O)=O)cc1. The molecule has 0 bridgehead atoms. The van der Waals surface area contributed by atoms with Crippen molar-refractivity contribution >= 4 is 32.3 Å². The summed E-state index contributed by atoms with van der Waals surface area (Å²) in [5, 5.41) is 0.863. The van der Waals surface area contributed by atoms with Crippen LogP contribution in [0.4, 0.5) is 5.69 Å².